The van der Waals surface area contributed by atoms with E-state index < -0.39 is 30.3 Å². The largest absolute Gasteiger partial charge is 0.436 e. The van der Waals surface area contributed by atoms with Gasteiger partial charge in [0.15, 0.2) is 5.78 Å². The highest BCUT2D eigenvalue weighted by Gasteiger charge is 2.25. The van der Waals surface area contributed by atoms with Gasteiger partial charge in [-0.15, -0.1) is 0 Å². The van der Waals surface area contributed by atoms with Crippen LogP contribution in [0.4, 0.5) is 0 Å². The molecule has 34 heavy (non-hydrogen) atoms. The van der Waals surface area contributed by atoms with Crippen LogP contribution in [0, 0.1) is 0 Å². The third-order valence-electron chi connectivity index (χ3n) is 4.89. The van der Waals surface area contributed by atoms with Crippen molar-refractivity contribution in [2.75, 3.05) is 0 Å². The van der Waals surface area contributed by atoms with Crippen LogP contribution in [0.2, 0.25) is 0 Å². The Bertz CT molecular complexity index is 970. The van der Waals surface area contributed by atoms with Crippen molar-refractivity contribution >= 4 is 23.7 Å². The van der Waals surface area contributed by atoms with Crippen LogP contribution in [0.1, 0.15) is 83.9 Å². The summed E-state index contributed by atoms with van der Waals surface area (Å²) >= 11 is 0. The lowest BCUT2D eigenvalue weighted by atomic mass is 9.99. The van der Waals surface area contributed by atoms with Crippen molar-refractivity contribution in [1.82, 2.24) is 0 Å². The fourth-order valence-corrected chi connectivity index (χ4v) is 3.24. The zero-order valence-corrected chi connectivity index (χ0v) is 19.7. The van der Waals surface area contributed by atoms with Gasteiger partial charge in [0.25, 0.3) is 0 Å². The number of carbonyl (C=O) groups is 4. The highest BCUT2D eigenvalue weighted by molar-refractivity contribution is 6.01. The smallest absolute Gasteiger partial charge is 0.386 e. The highest BCUT2D eigenvalue weighted by atomic mass is 17.2. The molecule has 0 amide bonds. The number of Topliss-reactive ketones (excluding diaryl/α,β-unsaturated/α-hetero) is 1. The van der Waals surface area contributed by atoms with E-state index in [1.54, 1.807) is 31.2 Å². The van der Waals surface area contributed by atoms with Crippen LogP contribution in [-0.2, 0) is 24.0 Å². The van der Waals surface area contributed by atoms with E-state index in [4.69, 9.17) is 9.47 Å². The summed E-state index contributed by atoms with van der Waals surface area (Å²) in [6.45, 7) is 4.89. The predicted octanol–water partition coefficient (Wildman–Crippen LogP) is 5.06. The lowest BCUT2D eigenvalue weighted by molar-refractivity contribution is -0.187. The van der Waals surface area contributed by atoms with Crippen LogP contribution in [0.25, 0.3) is 0 Å². The maximum Gasteiger partial charge on any atom is 0.386 e. The number of carbonyl (C=O) groups excluding carboxylic acids is 4. The molecule has 2 atom stereocenters. The number of ether oxygens (including phenoxy) is 2. The topological polar surface area (TPSA) is 105 Å². The molecule has 0 N–H and O–H groups in total. The van der Waals surface area contributed by atoms with Gasteiger partial charge in [-0.05, 0) is 37.6 Å². The second-order valence-electron chi connectivity index (χ2n) is 7.70. The molecule has 0 heterocycles. The van der Waals surface area contributed by atoms with Crippen molar-refractivity contribution in [3.8, 4) is 0 Å². The Morgan fingerprint density at radius 3 is 2.06 bits per heavy atom. The van der Waals surface area contributed by atoms with E-state index in [0.29, 0.717) is 6.42 Å². The van der Waals surface area contributed by atoms with E-state index >= 15 is 0 Å². The monoisotopic (exact) mass is 470 g/mol. The van der Waals surface area contributed by atoms with Crippen LogP contribution in [0.15, 0.2) is 54.6 Å². The Balaban J connectivity index is 2.07. The maximum absolute atomic E-state index is 13.2. The molecular weight excluding hydrogens is 440 g/mol. The van der Waals surface area contributed by atoms with Crippen molar-refractivity contribution in [3.63, 3.8) is 0 Å². The van der Waals surface area contributed by atoms with Crippen molar-refractivity contribution in [2.45, 2.75) is 65.3 Å². The fourth-order valence-electron chi connectivity index (χ4n) is 3.24. The number of hydrogen-bond acceptors (Lipinski definition) is 8. The van der Waals surface area contributed by atoms with Crippen LogP contribution in [-0.4, -0.2) is 36.1 Å². The van der Waals surface area contributed by atoms with Crippen molar-refractivity contribution in [2.24, 2.45) is 0 Å². The summed E-state index contributed by atoms with van der Waals surface area (Å²) in [7, 11) is 0. The Hall–Kier alpha value is -3.52. The van der Waals surface area contributed by atoms with E-state index in [-0.39, 0.29) is 22.5 Å². The summed E-state index contributed by atoms with van der Waals surface area (Å²) in [5.74, 6) is -2.61. The Morgan fingerprint density at radius 1 is 0.794 bits per heavy atom. The van der Waals surface area contributed by atoms with E-state index in [2.05, 4.69) is 16.7 Å². The van der Waals surface area contributed by atoms with Gasteiger partial charge in [-0.25, -0.2) is 19.4 Å². The molecule has 0 aliphatic rings. The Morgan fingerprint density at radius 2 is 1.41 bits per heavy atom. The first-order chi connectivity index (χ1) is 16.3. The zero-order chi connectivity index (χ0) is 24.9. The van der Waals surface area contributed by atoms with Crippen LogP contribution < -0.4 is 0 Å². The van der Waals surface area contributed by atoms with Gasteiger partial charge < -0.3 is 9.47 Å². The molecule has 0 saturated carbocycles. The molecule has 182 valence electrons. The quantitative estimate of drug-likeness (QED) is 0.106. The van der Waals surface area contributed by atoms with Crippen LogP contribution >= 0.6 is 0 Å². The average molecular weight is 471 g/mol. The number of rotatable bonds is 12. The van der Waals surface area contributed by atoms with Crippen molar-refractivity contribution < 1.29 is 38.4 Å². The molecular formula is C26H30O8. The summed E-state index contributed by atoms with van der Waals surface area (Å²) in [4.78, 5) is 58.0. The molecule has 0 saturated heterocycles. The third-order valence-corrected chi connectivity index (χ3v) is 4.89. The molecule has 0 spiro atoms. The lowest BCUT2D eigenvalue weighted by Gasteiger charge is -2.21. The van der Waals surface area contributed by atoms with Gasteiger partial charge in [0.2, 0.25) is 6.29 Å². The molecule has 2 unspecified atom stereocenters. The average Bonchev–Trinajstić information content (AvgIpc) is 2.83. The van der Waals surface area contributed by atoms with Gasteiger partial charge in [0.1, 0.15) is 6.10 Å². The molecule has 0 aromatic heterocycles. The molecule has 0 radical (unpaired) electrons. The molecule has 0 fully saturated rings. The van der Waals surface area contributed by atoms with Gasteiger partial charge in [-0.2, -0.15) is 0 Å². The Kier molecular flexibility index (Phi) is 10.9. The van der Waals surface area contributed by atoms with Crippen molar-refractivity contribution in [1.29, 1.82) is 0 Å². The molecule has 8 heteroatoms. The number of benzene rings is 2. The maximum atomic E-state index is 13.2. The molecule has 0 aliphatic heterocycles. The fraction of sp³-hybridized carbons (Fsp3) is 0.385. The molecule has 0 bridgehead atoms. The standard InChI is InChI=1S/C26H30O8/c1-4-5-6-10-16-23(32-19(3)31-18(2)27)24(28)21-14-11-15-22(17-21)26(30)34-33-25(29)20-12-8-7-9-13-20/h7-9,11-15,17,19,23H,4-6,10,16H2,1-3H3. The van der Waals surface area contributed by atoms with E-state index in [0.717, 1.165) is 25.7 Å². The summed E-state index contributed by atoms with van der Waals surface area (Å²) in [5, 5.41) is 0. The molecule has 2 aromatic carbocycles. The van der Waals surface area contributed by atoms with Gasteiger partial charge >= 0.3 is 17.9 Å². The van der Waals surface area contributed by atoms with Gasteiger partial charge in [-0.1, -0.05) is 62.9 Å². The molecule has 2 rings (SSSR count). The molecule has 2 aromatic rings. The summed E-state index contributed by atoms with van der Waals surface area (Å²) in [6.07, 6.45) is 2.45. The predicted molar refractivity (Wildman–Crippen MR) is 123 cm³/mol. The van der Waals surface area contributed by atoms with E-state index in [9.17, 15) is 19.2 Å². The lowest BCUT2D eigenvalue weighted by Crippen LogP contribution is -2.30. The van der Waals surface area contributed by atoms with Crippen LogP contribution in [0.5, 0.6) is 0 Å². The normalized spacial score (nSPS) is 12.3. The number of ketones is 1. The minimum atomic E-state index is -0.923. The summed E-state index contributed by atoms with van der Waals surface area (Å²) in [5.41, 5.74) is 0.480. The molecule has 0 aliphatic carbocycles. The van der Waals surface area contributed by atoms with Crippen molar-refractivity contribution in [3.05, 3.63) is 71.3 Å². The number of unbranched alkanes of at least 4 members (excludes halogenated alkanes) is 3. The Labute approximate surface area is 199 Å². The minimum Gasteiger partial charge on any atom is -0.436 e. The van der Waals surface area contributed by atoms with Gasteiger partial charge in [-0.3, -0.25) is 9.59 Å². The van der Waals surface area contributed by atoms with E-state index in [1.807, 2.05) is 0 Å². The SMILES string of the molecule is CCCCCCC(OC(C)OC(C)=O)C(=O)c1cccc(C(=O)OOC(=O)c2ccccc2)c1. The minimum absolute atomic E-state index is 0.0319. The van der Waals surface area contributed by atoms with Gasteiger partial charge in [0.05, 0.1) is 11.1 Å². The number of hydrogen-bond donors (Lipinski definition) is 0. The summed E-state index contributed by atoms with van der Waals surface area (Å²) < 4.78 is 10.7. The van der Waals surface area contributed by atoms with Gasteiger partial charge in [0, 0.05) is 12.5 Å². The number of esters is 1. The first-order valence-electron chi connectivity index (χ1n) is 11.3. The second kappa shape index (κ2) is 13.9. The van der Waals surface area contributed by atoms with Crippen LogP contribution in [0.3, 0.4) is 0 Å². The first-order valence-corrected chi connectivity index (χ1v) is 11.3. The first kappa shape index (κ1) is 26.7. The highest BCUT2D eigenvalue weighted by Crippen LogP contribution is 2.18. The summed E-state index contributed by atoms with van der Waals surface area (Å²) in [6, 6.07) is 13.9. The third kappa shape index (κ3) is 8.78. The zero-order valence-electron chi connectivity index (χ0n) is 19.7. The van der Waals surface area contributed by atoms with E-state index in [1.165, 1.54) is 37.3 Å². The second-order valence-corrected chi connectivity index (χ2v) is 7.70. The molecule has 8 nitrogen and oxygen atoms in total.